The van der Waals surface area contributed by atoms with Crippen LogP contribution in [0.5, 0.6) is 5.75 Å². The smallest absolute Gasteiger partial charge is 0.261 e. The largest absolute Gasteiger partial charge is 0.496 e. The second-order valence-electron chi connectivity index (χ2n) is 6.29. The van der Waals surface area contributed by atoms with E-state index in [1.165, 1.54) is 7.11 Å². The van der Waals surface area contributed by atoms with Crippen LogP contribution >= 0.6 is 12.2 Å². The molecular formula is C22H18N4O2S. The fraction of sp³-hybridized carbons (Fsp3) is 0.0455. The fourth-order valence-electron chi connectivity index (χ4n) is 2.97. The van der Waals surface area contributed by atoms with Crippen molar-refractivity contribution in [3.8, 4) is 17.1 Å². The minimum atomic E-state index is -0.334. The lowest BCUT2D eigenvalue weighted by atomic mass is 10.2. The Balaban J connectivity index is 1.43. The summed E-state index contributed by atoms with van der Waals surface area (Å²) in [6.45, 7) is 0. The number of H-pyrrole nitrogens is 1. The molecule has 0 radical (unpaired) electrons. The normalized spacial score (nSPS) is 10.5. The van der Waals surface area contributed by atoms with E-state index in [9.17, 15) is 4.79 Å². The summed E-state index contributed by atoms with van der Waals surface area (Å²) in [6.07, 6.45) is 0. The molecule has 144 valence electrons. The van der Waals surface area contributed by atoms with Crippen LogP contribution in [0.15, 0.2) is 72.8 Å². The number of para-hydroxylation sites is 3. The molecule has 0 atom stereocenters. The third kappa shape index (κ3) is 4.09. The molecular weight excluding hydrogens is 384 g/mol. The summed E-state index contributed by atoms with van der Waals surface area (Å²) in [5.74, 6) is 0.951. The van der Waals surface area contributed by atoms with Crippen molar-refractivity contribution >= 4 is 40.0 Å². The Morgan fingerprint density at radius 2 is 1.72 bits per heavy atom. The molecule has 29 heavy (non-hydrogen) atoms. The molecule has 0 unspecified atom stereocenters. The van der Waals surface area contributed by atoms with Crippen LogP contribution in [0, 0.1) is 0 Å². The first-order chi connectivity index (χ1) is 14.1. The number of aromatic amines is 1. The van der Waals surface area contributed by atoms with Crippen LogP contribution in [-0.4, -0.2) is 28.1 Å². The standard InChI is InChI=1S/C22H18N4O2S/c1-28-19-9-5-2-6-16(19)21(27)26-22(29)23-15-12-10-14(11-13-15)20-24-17-7-3-4-8-18(17)25-20/h2-13H,1H3,(H,24,25)(H2,23,26,27,29). The van der Waals surface area contributed by atoms with Crippen LogP contribution in [0.1, 0.15) is 10.4 Å². The molecule has 0 saturated carbocycles. The van der Waals surface area contributed by atoms with Crippen molar-refractivity contribution in [2.75, 3.05) is 12.4 Å². The summed E-state index contributed by atoms with van der Waals surface area (Å²) in [5, 5.41) is 5.89. The molecule has 4 aromatic rings. The molecule has 0 fully saturated rings. The number of fused-ring (bicyclic) bond motifs is 1. The highest BCUT2D eigenvalue weighted by Gasteiger charge is 2.13. The third-order valence-electron chi connectivity index (χ3n) is 4.38. The first-order valence-electron chi connectivity index (χ1n) is 8.94. The second kappa shape index (κ2) is 8.12. The number of benzene rings is 3. The topological polar surface area (TPSA) is 79.0 Å². The number of hydrogen-bond acceptors (Lipinski definition) is 4. The molecule has 0 aliphatic carbocycles. The first kappa shape index (κ1) is 18.6. The van der Waals surface area contributed by atoms with Crippen molar-refractivity contribution < 1.29 is 9.53 Å². The molecule has 3 aromatic carbocycles. The number of aromatic nitrogens is 2. The number of thiocarbonyl (C=S) groups is 1. The zero-order chi connectivity index (χ0) is 20.2. The number of carbonyl (C=O) groups excluding carboxylic acids is 1. The maximum atomic E-state index is 12.4. The quantitative estimate of drug-likeness (QED) is 0.442. The lowest BCUT2D eigenvalue weighted by Gasteiger charge is -2.11. The molecule has 0 spiro atoms. The van der Waals surface area contributed by atoms with Gasteiger partial charge in [-0.2, -0.15) is 0 Å². The molecule has 1 heterocycles. The summed E-state index contributed by atoms with van der Waals surface area (Å²) in [6, 6.07) is 22.5. The van der Waals surface area contributed by atoms with Gasteiger partial charge in [0, 0.05) is 11.3 Å². The molecule has 6 nitrogen and oxygen atoms in total. The van der Waals surface area contributed by atoms with E-state index < -0.39 is 0 Å². The summed E-state index contributed by atoms with van der Waals surface area (Å²) in [7, 11) is 1.52. The van der Waals surface area contributed by atoms with E-state index in [0.29, 0.717) is 11.3 Å². The van der Waals surface area contributed by atoms with Gasteiger partial charge in [0.15, 0.2) is 5.11 Å². The van der Waals surface area contributed by atoms with Crippen LogP contribution < -0.4 is 15.4 Å². The predicted octanol–water partition coefficient (Wildman–Crippen LogP) is 4.37. The molecule has 0 bridgehead atoms. The number of imidazole rings is 1. The number of carbonyl (C=O) groups is 1. The Bertz CT molecular complexity index is 1150. The van der Waals surface area contributed by atoms with Crippen LogP contribution in [0.3, 0.4) is 0 Å². The first-order valence-corrected chi connectivity index (χ1v) is 9.35. The van der Waals surface area contributed by atoms with E-state index in [-0.39, 0.29) is 11.0 Å². The molecule has 1 aromatic heterocycles. The Morgan fingerprint density at radius 1 is 1.00 bits per heavy atom. The van der Waals surface area contributed by atoms with Crippen molar-refractivity contribution in [2.45, 2.75) is 0 Å². The zero-order valence-corrected chi connectivity index (χ0v) is 16.4. The fourth-order valence-corrected chi connectivity index (χ4v) is 3.18. The number of ether oxygens (including phenoxy) is 1. The molecule has 7 heteroatoms. The van der Waals surface area contributed by atoms with Crippen molar-refractivity contribution in [3.63, 3.8) is 0 Å². The van der Waals surface area contributed by atoms with Crippen molar-refractivity contribution in [2.24, 2.45) is 0 Å². The molecule has 0 aliphatic rings. The highest BCUT2D eigenvalue weighted by Crippen LogP contribution is 2.22. The Morgan fingerprint density at radius 3 is 2.48 bits per heavy atom. The van der Waals surface area contributed by atoms with E-state index in [1.807, 2.05) is 48.5 Å². The number of anilines is 1. The number of nitrogens with one attached hydrogen (secondary N) is 3. The number of nitrogens with zero attached hydrogens (tertiary/aromatic N) is 1. The average Bonchev–Trinajstić information content (AvgIpc) is 3.18. The van der Waals surface area contributed by atoms with Gasteiger partial charge in [-0.1, -0.05) is 24.3 Å². The molecule has 4 rings (SSSR count). The number of methoxy groups -OCH3 is 1. The van der Waals surface area contributed by atoms with E-state index in [1.54, 1.807) is 24.3 Å². The SMILES string of the molecule is COc1ccccc1C(=O)NC(=S)Nc1ccc(-c2nc3ccccc3[nH]2)cc1. The van der Waals surface area contributed by atoms with Gasteiger partial charge in [-0.25, -0.2) is 4.98 Å². The Hall–Kier alpha value is -3.71. The van der Waals surface area contributed by atoms with Gasteiger partial charge in [-0.15, -0.1) is 0 Å². The van der Waals surface area contributed by atoms with Gasteiger partial charge in [0.2, 0.25) is 0 Å². The van der Waals surface area contributed by atoms with Crippen LogP contribution in [0.25, 0.3) is 22.4 Å². The van der Waals surface area contributed by atoms with Crippen LogP contribution in [0.4, 0.5) is 5.69 Å². The van der Waals surface area contributed by atoms with E-state index in [0.717, 1.165) is 28.1 Å². The lowest BCUT2D eigenvalue weighted by molar-refractivity contribution is 0.0975. The zero-order valence-electron chi connectivity index (χ0n) is 15.6. The number of rotatable bonds is 4. The van der Waals surface area contributed by atoms with Gasteiger partial charge < -0.3 is 15.0 Å². The second-order valence-corrected chi connectivity index (χ2v) is 6.70. The number of amides is 1. The van der Waals surface area contributed by atoms with Crippen molar-refractivity contribution in [1.29, 1.82) is 0 Å². The lowest BCUT2D eigenvalue weighted by Crippen LogP contribution is -2.34. The van der Waals surface area contributed by atoms with Gasteiger partial charge in [-0.3, -0.25) is 10.1 Å². The Kier molecular flexibility index (Phi) is 5.22. The monoisotopic (exact) mass is 402 g/mol. The molecule has 1 amide bonds. The highest BCUT2D eigenvalue weighted by atomic mass is 32.1. The van der Waals surface area contributed by atoms with Gasteiger partial charge in [0.25, 0.3) is 5.91 Å². The summed E-state index contributed by atoms with van der Waals surface area (Å²) in [4.78, 5) is 20.3. The summed E-state index contributed by atoms with van der Waals surface area (Å²) < 4.78 is 5.21. The van der Waals surface area contributed by atoms with Crippen molar-refractivity contribution in [1.82, 2.24) is 15.3 Å². The number of hydrogen-bond donors (Lipinski definition) is 3. The molecule has 0 saturated heterocycles. The Labute approximate surface area is 172 Å². The van der Waals surface area contributed by atoms with Crippen LogP contribution in [-0.2, 0) is 0 Å². The van der Waals surface area contributed by atoms with Gasteiger partial charge in [0.05, 0.1) is 23.7 Å². The van der Waals surface area contributed by atoms with E-state index in [2.05, 4.69) is 20.6 Å². The molecule has 3 N–H and O–H groups in total. The van der Waals surface area contributed by atoms with Crippen molar-refractivity contribution in [3.05, 3.63) is 78.4 Å². The highest BCUT2D eigenvalue weighted by molar-refractivity contribution is 7.80. The maximum absolute atomic E-state index is 12.4. The predicted molar refractivity (Wildman–Crippen MR) is 118 cm³/mol. The van der Waals surface area contributed by atoms with Gasteiger partial charge in [0.1, 0.15) is 11.6 Å². The summed E-state index contributed by atoms with van der Waals surface area (Å²) >= 11 is 5.26. The average molecular weight is 402 g/mol. The minimum absolute atomic E-state index is 0.206. The summed E-state index contributed by atoms with van der Waals surface area (Å²) in [5.41, 5.74) is 4.04. The van der Waals surface area contributed by atoms with E-state index >= 15 is 0 Å². The van der Waals surface area contributed by atoms with Gasteiger partial charge >= 0.3 is 0 Å². The van der Waals surface area contributed by atoms with E-state index in [4.69, 9.17) is 17.0 Å². The van der Waals surface area contributed by atoms with Crippen LogP contribution in [0.2, 0.25) is 0 Å². The van der Waals surface area contributed by atoms with Gasteiger partial charge in [-0.05, 0) is 60.7 Å². The third-order valence-corrected chi connectivity index (χ3v) is 4.59. The molecule has 0 aliphatic heterocycles. The minimum Gasteiger partial charge on any atom is -0.496 e. The maximum Gasteiger partial charge on any atom is 0.261 e.